The lowest BCUT2D eigenvalue weighted by molar-refractivity contribution is 0.0995. The molecule has 1 aromatic heterocycles. The summed E-state index contributed by atoms with van der Waals surface area (Å²) in [5.74, 6) is 0.424. The Balaban J connectivity index is 1.45. The van der Waals surface area contributed by atoms with Crippen molar-refractivity contribution < 1.29 is 9.59 Å². The number of rotatable bonds is 5. The van der Waals surface area contributed by atoms with E-state index in [2.05, 4.69) is 27.8 Å². The largest absolute Gasteiger partial charge is 0.364 e. The van der Waals surface area contributed by atoms with Crippen molar-refractivity contribution >= 4 is 17.6 Å². The predicted octanol–water partition coefficient (Wildman–Crippen LogP) is 2.11. The van der Waals surface area contributed by atoms with Crippen LogP contribution in [0.15, 0.2) is 48.7 Å². The maximum absolute atomic E-state index is 11.9. The smallest absolute Gasteiger partial charge is 0.319 e. The summed E-state index contributed by atoms with van der Waals surface area (Å²) >= 11 is 0. The first-order chi connectivity index (χ1) is 11.1. The van der Waals surface area contributed by atoms with Gasteiger partial charge in [-0.05, 0) is 36.0 Å². The molecule has 1 fully saturated rings. The lowest BCUT2D eigenvalue weighted by atomic mass is 10.1. The van der Waals surface area contributed by atoms with Crippen LogP contribution >= 0.6 is 0 Å². The lowest BCUT2D eigenvalue weighted by Crippen LogP contribution is -2.30. The minimum absolute atomic E-state index is 0.166. The summed E-state index contributed by atoms with van der Waals surface area (Å²) in [5.41, 5.74) is 7.12. The van der Waals surface area contributed by atoms with Crippen LogP contribution in [0.25, 0.3) is 0 Å². The van der Waals surface area contributed by atoms with Gasteiger partial charge in [0.05, 0.1) is 11.9 Å². The zero-order valence-electron chi connectivity index (χ0n) is 12.5. The number of anilines is 1. The number of primary amides is 1. The minimum Gasteiger partial charge on any atom is -0.364 e. The number of urea groups is 1. The van der Waals surface area contributed by atoms with Gasteiger partial charge in [-0.25, -0.2) is 9.78 Å². The van der Waals surface area contributed by atoms with Crippen LogP contribution in [0.2, 0.25) is 0 Å². The second-order valence-corrected chi connectivity index (χ2v) is 5.64. The SMILES string of the molecule is NC(=O)c1ccc(NC(=O)NC[C@H]2C[C@@H]2c2ccccc2)cn1. The fourth-order valence-electron chi connectivity index (χ4n) is 2.59. The van der Waals surface area contributed by atoms with E-state index in [-0.39, 0.29) is 11.7 Å². The van der Waals surface area contributed by atoms with Gasteiger partial charge >= 0.3 is 6.03 Å². The second kappa shape index (κ2) is 6.48. The average molecular weight is 310 g/mol. The maximum atomic E-state index is 11.9. The highest BCUT2D eigenvalue weighted by Gasteiger charge is 2.37. The first kappa shape index (κ1) is 15.0. The van der Waals surface area contributed by atoms with Crippen LogP contribution in [0.5, 0.6) is 0 Å². The first-order valence-electron chi connectivity index (χ1n) is 7.49. The van der Waals surface area contributed by atoms with Gasteiger partial charge in [0, 0.05) is 6.54 Å². The molecule has 3 rings (SSSR count). The van der Waals surface area contributed by atoms with Crippen molar-refractivity contribution in [1.82, 2.24) is 10.3 Å². The molecule has 6 heteroatoms. The summed E-state index contributed by atoms with van der Waals surface area (Å²) in [5, 5.41) is 5.54. The summed E-state index contributed by atoms with van der Waals surface area (Å²) in [6.45, 7) is 0.637. The van der Waals surface area contributed by atoms with Crippen molar-refractivity contribution in [3.05, 3.63) is 59.9 Å². The second-order valence-electron chi connectivity index (χ2n) is 5.64. The topological polar surface area (TPSA) is 97.1 Å². The van der Waals surface area contributed by atoms with E-state index in [1.165, 1.54) is 17.8 Å². The molecule has 0 unspecified atom stereocenters. The monoisotopic (exact) mass is 310 g/mol. The summed E-state index contributed by atoms with van der Waals surface area (Å²) < 4.78 is 0. The number of nitrogens with one attached hydrogen (secondary N) is 2. The number of aromatic nitrogens is 1. The molecule has 6 nitrogen and oxygen atoms in total. The predicted molar refractivity (Wildman–Crippen MR) is 87.1 cm³/mol. The highest BCUT2D eigenvalue weighted by atomic mass is 16.2. The van der Waals surface area contributed by atoms with E-state index in [1.54, 1.807) is 6.07 Å². The molecule has 2 atom stereocenters. The van der Waals surface area contributed by atoms with E-state index in [9.17, 15) is 9.59 Å². The molecule has 0 bridgehead atoms. The quantitative estimate of drug-likeness (QED) is 0.789. The van der Waals surface area contributed by atoms with Gasteiger partial charge in [0.2, 0.25) is 0 Å². The zero-order valence-corrected chi connectivity index (χ0v) is 12.5. The molecular formula is C17H18N4O2. The number of nitrogens with two attached hydrogens (primary N) is 1. The Morgan fingerprint density at radius 3 is 2.61 bits per heavy atom. The maximum Gasteiger partial charge on any atom is 0.319 e. The van der Waals surface area contributed by atoms with Gasteiger partial charge in [-0.2, -0.15) is 0 Å². The van der Waals surface area contributed by atoms with Crippen LogP contribution in [0.4, 0.5) is 10.5 Å². The van der Waals surface area contributed by atoms with Crippen molar-refractivity contribution in [1.29, 1.82) is 0 Å². The third-order valence-corrected chi connectivity index (χ3v) is 3.95. The summed E-state index contributed by atoms with van der Waals surface area (Å²) in [6, 6.07) is 13.1. The highest BCUT2D eigenvalue weighted by Crippen LogP contribution is 2.46. The van der Waals surface area contributed by atoms with E-state index in [1.807, 2.05) is 18.2 Å². The molecule has 1 heterocycles. The molecule has 118 valence electrons. The van der Waals surface area contributed by atoms with E-state index in [0.29, 0.717) is 24.1 Å². The molecule has 0 aliphatic heterocycles. The molecular weight excluding hydrogens is 292 g/mol. The number of nitrogens with zero attached hydrogens (tertiary/aromatic N) is 1. The van der Waals surface area contributed by atoms with Crippen molar-refractivity contribution in [2.24, 2.45) is 11.7 Å². The van der Waals surface area contributed by atoms with Crippen LogP contribution in [0, 0.1) is 5.92 Å². The van der Waals surface area contributed by atoms with Crippen LogP contribution < -0.4 is 16.4 Å². The summed E-state index contributed by atoms with van der Waals surface area (Å²) in [6.07, 6.45) is 2.50. The van der Waals surface area contributed by atoms with Crippen LogP contribution in [-0.2, 0) is 0 Å². The van der Waals surface area contributed by atoms with Gasteiger partial charge in [0.15, 0.2) is 0 Å². The lowest BCUT2D eigenvalue weighted by Gasteiger charge is -2.07. The molecule has 1 aliphatic rings. The summed E-state index contributed by atoms with van der Waals surface area (Å²) in [7, 11) is 0. The number of hydrogen-bond acceptors (Lipinski definition) is 3. The molecule has 1 aliphatic carbocycles. The third-order valence-electron chi connectivity index (χ3n) is 3.95. The van der Waals surface area contributed by atoms with Crippen molar-refractivity contribution in [3.63, 3.8) is 0 Å². The molecule has 3 amide bonds. The molecule has 0 spiro atoms. The van der Waals surface area contributed by atoms with Gasteiger partial charge < -0.3 is 16.4 Å². The number of carbonyl (C=O) groups excluding carboxylic acids is 2. The minimum atomic E-state index is -0.596. The molecule has 23 heavy (non-hydrogen) atoms. The van der Waals surface area contributed by atoms with Crippen LogP contribution in [0.1, 0.15) is 28.4 Å². The first-order valence-corrected chi connectivity index (χ1v) is 7.49. The van der Waals surface area contributed by atoms with Crippen molar-refractivity contribution in [2.75, 3.05) is 11.9 Å². The van der Waals surface area contributed by atoms with E-state index < -0.39 is 5.91 Å². The molecule has 1 aromatic carbocycles. The molecule has 2 aromatic rings. The number of carbonyl (C=O) groups is 2. The fraction of sp³-hybridized carbons (Fsp3) is 0.235. The van der Waals surface area contributed by atoms with E-state index >= 15 is 0 Å². The molecule has 0 saturated heterocycles. The van der Waals surface area contributed by atoms with Crippen molar-refractivity contribution in [3.8, 4) is 0 Å². The van der Waals surface area contributed by atoms with E-state index in [0.717, 1.165) is 6.42 Å². The average Bonchev–Trinajstić information content (AvgIpc) is 3.34. The number of amides is 3. The highest BCUT2D eigenvalue weighted by molar-refractivity contribution is 5.92. The van der Waals surface area contributed by atoms with Crippen LogP contribution in [-0.4, -0.2) is 23.5 Å². The number of hydrogen-bond donors (Lipinski definition) is 3. The Hall–Kier alpha value is -2.89. The third kappa shape index (κ3) is 3.85. The van der Waals surface area contributed by atoms with Crippen molar-refractivity contribution in [2.45, 2.75) is 12.3 Å². The molecule has 0 radical (unpaired) electrons. The standard InChI is InChI=1S/C17H18N4O2/c18-16(22)15-7-6-13(10-19-15)21-17(23)20-9-12-8-14(12)11-4-2-1-3-5-11/h1-7,10,12,14H,8-9H2,(H2,18,22)(H2,20,21,23)/t12-,14-/m1/s1. The van der Waals surface area contributed by atoms with E-state index in [4.69, 9.17) is 5.73 Å². The van der Waals surface area contributed by atoms with Crippen LogP contribution in [0.3, 0.4) is 0 Å². The number of benzene rings is 1. The summed E-state index contributed by atoms with van der Waals surface area (Å²) in [4.78, 5) is 26.7. The Labute approximate surface area is 134 Å². The number of pyridine rings is 1. The molecule has 1 saturated carbocycles. The van der Waals surface area contributed by atoms with Gasteiger partial charge in [0.25, 0.3) is 5.91 Å². The Morgan fingerprint density at radius 1 is 1.17 bits per heavy atom. The Bertz CT molecular complexity index is 700. The van der Waals surface area contributed by atoms with Gasteiger partial charge in [-0.3, -0.25) is 4.79 Å². The normalized spacial score (nSPS) is 19.0. The fourth-order valence-corrected chi connectivity index (χ4v) is 2.59. The molecule has 4 N–H and O–H groups in total. The zero-order chi connectivity index (χ0) is 16.2. The van der Waals surface area contributed by atoms with Gasteiger partial charge in [0.1, 0.15) is 5.69 Å². The van der Waals surface area contributed by atoms with Gasteiger partial charge in [-0.15, -0.1) is 0 Å². The Kier molecular flexibility index (Phi) is 4.23. The Morgan fingerprint density at radius 2 is 1.96 bits per heavy atom. The van der Waals surface area contributed by atoms with Gasteiger partial charge in [-0.1, -0.05) is 30.3 Å².